The van der Waals surface area contributed by atoms with Crippen molar-refractivity contribution in [2.45, 2.75) is 0 Å². The van der Waals surface area contributed by atoms with Crippen molar-refractivity contribution >= 4 is 51.3 Å². The van der Waals surface area contributed by atoms with E-state index in [-0.39, 0.29) is 16.7 Å². The quantitative estimate of drug-likeness (QED) is 0.286. The first-order chi connectivity index (χ1) is 15.9. The number of nitro benzene ring substituents is 1. The number of non-ortho nitro benzene ring substituents is 1. The minimum Gasteiger partial charge on any atom is -0.322 e. The van der Waals surface area contributed by atoms with Gasteiger partial charge in [0, 0.05) is 39.5 Å². The van der Waals surface area contributed by atoms with Crippen LogP contribution in [-0.4, -0.2) is 26.9 Å². The third-order valence-electron chi connectivity index (χ3n) is 4.44. The Labute approximate surface area is 196 Å². The number of nitro groups is 1. The number of carbonyl (C=O) groups excluding carboxylic acids is 2. The zero-order valence-corrected chi connectivity index (χ0v) is 18.3. The second-order valence-corrected chi connectivity index (χ2v) is 8.13. The second kappa shape index (κ2) is 9.55. The molecule has 0 saturated heterocycles. The number of rotatable bonds is 6. The summed E-state index contributed by atoms with van der Waals surface area (Å²) in [6.07, 6.45) is 0. The van der Waals surface area contributed by atoms with Gasteiger partial charge in [-0.25, -0.2) is 0 Å². The van der Waals surface area contributed by atoms with E-state index in [4.69, 9.17) is 11.6 Å². The fourth-order valence-corrected chi connectivity index (χ4v) is 3.79. The molecule has 0 radical (unpaired) electrons. The lowest BCUT2D eigenvalue weighted by Crippen LogP contribution is -2.14. The molecule has 4 aromatic rings. The Morgan fingerprint density at radius 1 is 0.879 bits per heavy atom. The van der Waals surface area contributed by atoms with Crippen molar-refractivity contribution in [1.29, 1.82) is 0 Å². The van der Waals surface area contributed by atoms with Crippen molar-refractivity contribution in [2.24, 2.45) is 0 Å². The summed E-state index contributed by atoms with van der Waals surface area (Å²) in [5, 5.41) is 25.4. The summed E-state index contributed by atoms with van der Waals surface area (Å²) in [7, 11) is 0. The smallest absolute Gasteiger partial charge is 0.269 e. The molecule has 0 spiro atoms. The summed E-state index contributed by atoms with van der Waals surface area (Å²) >= 11 is 7.06. The van der Waals surface area contributed by atoms with E-state index in [0.717, 1.165) is 11.3 Å². The van der Waals surface area contributed by atoms with Crippen LogP contribution >= 0.6 is 22.9 Å². The van der Waals surface area contributed by atoms with Gasteiger partial charge in [-0.3, -0.25) is 25.0 Å². The molecule has 0 aliphatic heterocycles. The lowest BCUT2D eigenvalue weighted by molar-refractivity contribution is -0.384. The summed E-state index contributed by atoms with van der Waals surface area (Å²) in [6, 6.07) is 18.8. The van der Waals surface area contributed by atoms with Gasteiger partial charge in [-0.2, -0.15) is 0 Å². The molecule has 11 heteroatoms. The zero-order valence-electron chi connectivity index (χ0n) is 16.7. The van der Waals surface area contributed by atoms with Gasteiger partial charge < -0.3 is 5.32 Å². The van der Waals surface area contributed by atoms with Crippen LogP contribution in [0.15, 0.2) is 72.8 Å². The molecule has 2 amide bonds. The number of halogens is 1. The van der Waals surface area contributed by atoms with Crippen molar-refractivity contribution in [2.75, 3.05) is 10.6 Å². The van der Waals surface area contributed by atoms with Gasteiger partial charge in [-0.1, -0.05) is 35.1 Å². The van der Waals surface area contributed by atoms with Gasteiger partial charge in [-0.05, 0) is 48.5 Å². The maximum Gasteiger partial charge on any atom is 0.269 e. The zero-order chi connectivity index (χ0) is 23.4. The molecule has 164 valence electrons. The molecule has 0 bridgehead atoms. The molecule has 0 fully saturated rings. The molecule has 0 atom stereocenters. The first-order valence-electron chi connectivity index (χ1n) is 9.46. The van der Waals surface area contributed by atoms with E-state index in [0.29, 0.717) is 32.4 Å². The van der Waals surface area contributed by atoms with Crippen LogP contribution < -0.4 is 10.6 Å². The normalized spacial score (nSPS) is 10.5. The second-order valence-electron chi connectivity index (χ2n) is 6.72. The summed E-state index contributed by atoms with van der Waals surface area (Å²) in [5.74, 6) is -0.785. The van der Waals surface area contributed by atoms with Gasteiger partial charge in [0.05, 0.1) is 4.92 Å². The Kier molecular flexibility index (Phi) is 6.38. The fraction of sp³-hybridized carbons (Fsp3) is 0. The first kappa shape index (κ1) is 22.1. The van der Waals surface area contributed by atoms with Gasteiger partial charge in [0.25, 0.3) is 17.5 Å². The highest BCUT2D eigenvalue weighted by Gasteiger charge is 2.14. The number of aromatic nitrogens is 2. The molecular weight excluding hydrogens is 466 g/mol. The SMILES string of the molecule is O=C(Nc1cccc(C(=O)Nc2nnc(-c3ccc([N+](=O)[O-])cc3)s2)c1)c1cccc(Cl)c1. The lowest BCUT2D eigenvalue weighted by Gasteiger charge is -2.07. The van der Waals surface area contributed by atoms with E-state index >= 15 is 0 Å². The number of nitrogens with one attached hydrogen (secondary N) is 2. The van der Waals surface area contributed by atoms with Crippen LogP contribution in [0.5, 0.6) is 0 Å². The summed E-state index contributed by atoms with van der Waals surface area (Å²) < 4.78 is 0. The van der Waals surface area contributed by atoms with Crippen molar-refractivity contribution < 1.29 is 14.5 Å². The Balaban J connectivity index is 1.44. The molecule has 0 aliphatic rings. The van der Waals surface area contributed by atoms with Gasteiger partial charge in [0.15, 0.2) is 0 Å². The number of benzene rings is 3. The average Bonchev–Trinajstić information content (AvgIpc) is 3.27. The molecular formula is C22H14ClN5O4S. The minimum absolute atomic E-state index is 0.0286. The number of hydrogen-bond acceptors (Lipinski definition) is 7. The molecule has 0 unspecified atom stereocenters. The molecule has 9 nitrogen and oxygen atoms in total. The van der Waals surface area contributed by atoms with E-state index in [1.807, 2.05) is 0 Å². The summed E-state index contributed by atoms with van der Waals surface area (Å²) in [6.45, 7) is 0. The highest BCUT2D eigenvalue weighted by Crippen LogP contribution is 2.28. The largest absolute Gasteiger partial charge is 0.322 e. The summed E-state index contributed by atoms with van der Waals surface area (Å²) in [5.41, 5.74) is 1.76. The van der Waals surface area contributed by atoms with Crippen LogP contribution in [-0.2, 0) is 0 Å². The third-order valence-corrected chi connectivity index (χ3v) is 5.56. The van der Waals surface area contributed by atoms with Crippen LogP contribution in [0.2, 0.25) is 5.02 Å². The Bertz CT molecular complexity index is 1360. The van der Waals surface area contributed by atoms with E-state index < -0.39 is 10.8 Å². The molecule has 4 rings (SSSR count). The third kappa shape index (κ3) is 5.37. The summed E-state index contributed by atoms with van der Waals surface area (Å²) in [4.78, 5) is 35.4. The van der Waals surface area contributed by atoms with Gasteiger partial charge in [-0.15, -0.1) is 10.2 Å². The van der Waals surface area contributed by atoms with E-state index in [1.54, 1.807) is 54.6 Å². The number of hydrogen-bond donors (Lipinski definition) is 2. The maximum absolute atomic E-state index is 12.7. The predicted octanol–water partition coefficient (Wildman–Crippen LogP) is 5.27. The van der Waals surface area contributed by atoms with Crippen LogP contribution in [0, 0.1) is 10.1 Å². The number of amides is 2. The number of anilines is 2. The van der Waals surface area contributed by atoms with Gasteiger partial charge in [0.1, 0.15) is 5.01 Å². The van der Waals surface area contributed by atoms with Crippen molar-refractivity contribution in [3.8, 4) is 10.6 Å². The minimum atomic E-state index is -0.485. The monoisotopic (exact) mass is 479 g/mol. The maximum atomic E-state index is 12.7. The molecule has 33 heavy (non-hydrogen) atoms. The van der Waals surface area contributed by atoms with Crippen LogP contribution in [0.4, 0.5) is 16.5 Å². The molecule has 0 saturated carbocycles. The predicted molar refractivity (Wildman–Crippen MR) is 126 cm³/mol. The lowest BCUT2D eigenvalue weighted by atomic mass is 10.1. The highest BCUT2D eigenvalue weighted by atomic mass is 35.5. The van der Waals surface area contributed by atoms with Crippen molar-refractivity contribution in [1.82, 2.24) is 10.2 Å². The van der Waals surface area contributed by atoms with Gasteiger partial charge >= 0.3 is 0 Å². The molecule has 0 aliphatic carbocycles. The standard InChI is InChI=1S/C22H14ClN5O4S/c23-16-5-1-3-14(11-16)19(29)24-17-6-2-4-15(12-17)20(30)25-22-27-26-21(33-22)13-7-9-18(10-8-13)28(31)32/h1-12H,(H,24,29)(H,25,27,30). The highest BCUT2D eigenvalue weighted by molar-refractivity contribution is 7.18. The Morgan fingerprint density at radius 2 is 1.55 bits per heavy atom. The van der Waals surface area contributed by atoms with E-state index in [9.17, 15) is 19.7 Å². The number of nitrogens with zero attached hydrogens (tertiary/aromatic N) is 3. The Hall–Kier alpha value is -4.15. The van der Waals surface area contributed by atoms with E-state index in [2.05, 4.69) is 20.8 Å². The van der Waals surface area contributed by atoms with Crippen molar-refractivity contribution in [3.63, 3.8) is 0 Å². The first-order valence-corrected chi connectivity index (χ1v) is 10.7. The molecule has 1 heterocycles. The van der Waals surface area contributed by atoms with Crippen molar-refractivity contribution in [3.05, 3.63) is 99.1 Å². The topological polar surface area (TPSA) is 127 Å². The van der Waals surface area contributed by atoms with Crippen LogP contribution in [0.3, 0.4) is 0 Å². The molecule has 1 aromatic heterocycles. The molecule has 2 N–H and O–H groups in total. The van der Waals surface area contributed by atoms with Crippen LogP contribution in [0.1, 0.15) is 20.7 Å². The van der Waals surface area contributed by atoms with E-state index in [1.165, 1.54) is 18.2 Å². The van der Waals surface area contributed by atoms with Gasteiger partial charge in [0.2, 0.25) is 5.13 Å². The average molecular weight is 480 g/mol. The van der Waals surface area contributed by atoms with Crippen LogP contribution in [0.25, 0.3) is 10.6 Å². The fourth-order valence-electron chi connectivity index (χ4n) is 2.86. The Morgan fingerprint density at radius 3 is 2.24 bits per heavy atom. The molecule has 3 aromatic carbocycles. The number of carbonyl (C=O) groups is 2.